The molecule has 25 heavy (non-hydrogen) atoms. The Morgan fingerprint density at radius 1 is 1.40 bits per heavy atom. The molecule has 4 fully saturated rings. The molecule has 2 aliphatic carbocycles. The monoisotopic (exact) mass is 345 g/mol. The molecule has 1 N–H and O–H groups in total. The molecule has 7 unspecified atom stereocenters. The number of hydrogen-bond donors (Lipinski definition) is 1. The maximum atomic E-state index is 12.5. The number of fused-ring (bicyclic) bond motifs is 2. The smallest absolute Gasteiger partial charge is 0.311 e. The van der Waals surface area contributed by atoms with Gasteiger partial charge < -0.3 is 19.2 Å². The molecule has 4 aliphatic rings. The van der Waals surface area contributed by atoms with E-state index in [0.29, 0.717) is 19.0 Å². The number of furan rings is 1. The van der Waals surface area contributed by atoms with E-state index in [0.717, 1.165) is 12.2 Å². The normalized spacial score (nSPS) is 47.6. The first-order chi connectivity index (χ1) is 12.1. The van der Waals surface area contributed by atoms with Gasteiger partial charge in [0.25, 0.3) is 0 Å². The van der Waals surface area contributed by atoms with Crippen LogP contribution in [0.4, 0.5) is 0 Å². The predicted octanol–water partition coefficient (Wildman–Crippen LogP) is 2.89. The quantitative estimate of drug-likeness (QED) is 0.671. The molecule has 2 saturated carbocycles. The van der Waals surface area contributed by atoms with E-state index in [9.17, 15) is 4.79 Å². The Morgan fingerprint density at radius 2 is 2.28 bits per heavy atom. The van der Waals surface area contributed by atoms with Crippen molar-refractivity contribution in [2.24, 2.45) is 23.2 Å². The van der Waals surface area contributed by atoms with E-state index < -0.39 is 0 Å². The summed E-state index contributed by atoms with van der Waals surface area (Å²) in [7, 11) is 0. The van der Waals surface area contributed by atoms with Gasteiger partial charge in [0.15, 0.2) is 0 Å². The first kappa shape index (κ1) is 15.9. The second-order valence-electron chi connectivity index (χ2n) is 8.76. The lowest BCUT2D eigenvalue weighted by atomic mass is 9.53. The van der Waals surface area contributed by atoms with Gasteiger partial charge in [-0.05, 0) is 37.3 Å². The fourth-order valence-electron chi connectivity index (χ4n) is 6.23. The van der Waals surface area contributed by atoms with Gasteiger partial charge >= 0.3 is 5.97 Å². The molecule has 3 heterocycles. The number of carbonyl (C=O) groups excluding carboxylic acids is 1. The molecule has 0 amide bonds. The van der Waals surface area contributed by atoms with Crippen molar-refractivity contribution in [1.29, 1.82) is 0 Å². The van der Waals surface area contributed by atoms with Gasteiger partial charge in [0.1, 0.15) is 17.5 Å². The Bertz CT molecular complexity index is 673. The highest BCUT2D eigenvalue weighted by Gasteiger charge is 2.78. The largest absolute Gasteiger partial charge is 0.468 e. The zero-order valence-electron chi connectivity index (χ0n) is 15.0. The van der Waals surface area contributed by atoms with E-state index in [-0.39, 0.29) is 41.0 Å². The minimum atomic E-state index is -0.108. The third-order valence-electron chi connectivity index (χ3n) is 7.44. The van der Waals surface area contributed by atoms with Crippen LogP contribution in [0.15, 0.2) is 22.8 Å². The Kier molecular flexibility index (Phi) is 3.39. The molecule has 1 aromatic heterocycles. The average molecular weight is 345 g/mol. The molecule has 5 nitrogen and oxygen atoms in total. The topological polar surface area (TPSA) is 64.0 Å². The van der Waals surface area contributed by atoms with Crippen LogP contribution >= 0.6 is 0 Å². The van der Waals surface area contributed by atoms with Crippen LogP contribution in [-0.4, -0.2) is 30.3 Å². The van der Waals surface area contributed by atoms with Gasteiger partial charge in [0, 0.05) is 17.9 Å². The van der Waals surface area contributed by atoms with Crippen LogP contribution in [0.3, 0.4) is 0 Å². The Balaban J connectivity index is 1.33. The lowest BCUT2D eigenvalue weighted by Crippen LogP contribution is -2.54. The van der Waals surface area contributed by atoms with Crippen molar-refractivity contribution < 1.29 is 18.7 Å². The Morgan fingerprint density at radius 3 is 3.08 bits per heavy atom. The summed E-state index contributed by atoms with van der Waals surface area (Å²) in [4.78, 5) is 12.5. The summed E-state index contributed by atoms with van der Waals surface area (Å²) < 4.78 is 17.6. The SMILES string of the molecule is CC1CCCC2(C)CC3OC(=O)C(CNCc4ccco4)C3C3OC132. The number of nitrogens with one attached hydrogen (secondary N) is 1. The summed E-state index contributed by atoms with van der Waals surface area (Å²) in [6, 6.07) is 3.82. The summed E-state index contributed by atoms with van der Waals surface area (Å²) in [6.07, 6.45) is 6.53. The van der Waals surface area contributed by atoms with Gasteiger partial charge in [-0.2, -0.15) is 0 Å². The van der Waals surface area contributed by atoms with Gasteiger partial charge in [0.05, 0.1) is 24.8 Å². The second kappa shape index (κ2) is 5.34. The summed E-state index contributed by atoms with van der Waals surface area (Å²) in [6.45, 7) is 5.95. The van der Waals surface area contributed by atoms with Crippen molar-refractivity contribution in [3.05, 3.63) is 24.2 Å². The molecule has 7 atom stereocenters. The molecule has 1 aromatic rings. The van der Waals surface area contributed by atoms with Crippen LogP contribution in [0.25, 0.3) is 0 Å². The van der Waals surface area contributed by atoms with E-state index >= 15 is 0 Å². The zero-order valence-corrected chi connectivity index (χ0v) is 15.0. The Labute approximate surface area is 148 Å². The average Bonchev–Trinajstić information content (AvgIpc) is 2.97. The predicted molar refractivity (Wildman–Crippen MR) is 90.6 cm³/mol. The van der Waals surface area contributed by atoms with Crippen molar-refractivity contribution in [2.45, 2.75) is 63.9 Å². The van der Waals surface area contributed by atoms with Gasteiger partial charge in [0.2, 0.25) is 0 Å². The van der Waals surface area contributed by atoms with Crippen molar-refractivity contribution in [3.63, 3.8) is 0 Å². The second-order valence-corrected chi connectivity index (χ2v) is 8.76. The number of epoxide rings is 1. The standard InChI is InChI=1S/C20H27NO4/c1-12-5-3-7-19(2)9-15-16(17-20(12,19)25-17)14(18(22)24-15)11-21-10-13-6-4-8-23-13/h4,6,8,12,14-17,21H,3,5,7,9-11H2,1-2H3. The Hall–Kier alpha value is -1.33. The number of rotatable bonds is 4. The number of carbonyl (C=O) groups is 1. The van der Waals surface area contributed by atoms with Crippen molar-refractivity contribution in [1.82, 2.24) is 5.32 Å². The molecule has 0 bridgehead atoms. The fourth-order valence-corrected chi connectivity index (χ4v) is 6.23. The molecule has 136 valence electrons. The maximum Gasteiger partial charge on any atom is 0.311 e. The number of ether oxygens (including phenoxy) is 2. The highest BCUT2D eigenvalue weighted by atomic mass is 16.6. The summed E-state index contributed by atoms with van der Waals surface area (Å²) in [5.74, 6) is 1.50. The lowest BCUT2D eigenvalue weighted by molar-refractivity contribution is -0.146. The van der Waals surface area contributed by atoms with Crippen LogP contribution in [0, 0.1) is 23.2 Å². The fraction of sp³-hybridized carbons (Fsp3) is 0.750. The summed E-state index contributed by atoms with van der Waals surface area (Å²) in [5.41, 5.74) is 0.146. The molecule has 0 aromatic carbocycles. The molecular formula is C20H27NO4. The van der Waals surface area contributed by atoms with E-state index in [4.69, 9.17) is 13.9 Å². The zero-order chi connectivity index (χ0) is 17.2. The van der Waals surface area contributed by atoms with Crippen LogP contribution in [-0.2, 0) is 20.8 Å². The third kappa shape index (κ3) is 2.12. The van der Waals surface area contributed by atoms with E-state index in [1.165, 1.54) is 19.3 Å². The lowest BCUT2D eigenvalue weighted by Gasteiger charge is -2.48. The summed E-state index contributed by atoms with van der Waals surface area (Å²) in [5, 5.41) is 3.37. The van der Waals surface area contributed by atoms with Gasteiger partial charge in [-0.25, -0.2) is 0 Å². The van der Waals surface area contributed by atoms with Crippen molar-refractivity contribution in [3.8, 4) is 0 Å². The first-order valence-corrected chi connectivity index (χ1v) is 9.66. The first-order valence-electron chi connectivity index (χ1n) is 9.66. The minimum absolute atomic E-state index is 0.0142. The van der Waals surface area contributed by atoms with Gasteiger partial charge in [-0.15, -0.1) is 0 Å². The molecule has 1 spiro atoms. The molecule has 5 heteroatoms. The number of esters is 1. The maximum absolute atomic E-state index is 12.5. The third-order valence-corrected chi connectivity index (χ3v) is 7.44. The molecule has 5 rings (SSSR count). The van der Waals surface area contributed by atoms with E-state index in [1.807, 2.05) is 12.1 Å². The van der Waals surface area contributed by atoms with Crippen molar-refractivity contribution in [2.75, 3.05) is 6.54 Å². The number of hydrogen-bond acceptors (Lipinski definition) is 5. The van der Waals surface area contributed by atoms with Crippen LogP contribution < -0.4 is 5.32 Å². The van der Waals surface area contributed by atoms with Crippen LogP contribution in [0.1, 0.15) is 45.3 Å². The highest BCUT2D eigenvalue weighted by Crippen LogP contribution is 2.70. The molecule has 0 radical (unpaired) electrons. The van der Waals surface area contributed by atoms with E-state index in [1.54, 1.807) is 6.26 Å². The van der Waals surface area contributed by atoms with Crippen LogP contribution in [0.5, 0.6) is 0 Å². The minimum Gasteiger partial charge on any atom is -0.468 e. The van der Waals surface area contributed by atoms with Crippen molar-refractivity contribution >= 4 is 5.97 Å². The van der Waals surface area contributed by atoms with E-state index in [2.05, 4.69) is 19.2 Å². The van der Waals surface area contributed by atoms with Crippen LogP contribution in [0.2, 0.25) is 0 Å². The molecule has 2 aliphatic heterocycles. The molecular weight excluding hydrogens is 318 g/mol. The van der Waals surface area contributed by atoms with Gasteiger partial charge in [-0.3, -0.25) is 4.79 Å². The van der Waals surface area contributed by atoms with Gasteiger partial charge in [-0.1, -0.05) is 20.3 Å². The summed E-state index contributed by atoms with van der Waals surface area (Å²) >= 11 is 0. The highest BCUT2D eigenvalue weighted by molar-refractivity contribution is 5.76. The molecule has 2 saturated heterocycles.